The normalized spacial score (nSPS) is 19.4. The molecule has 1 aromatic heterocycles. The molecule has 3 heterocycles. The van der Waals surface area contributed by atoms with E-state index in [4.69, 9.17) is 5.73 Å². The van der Waals surface area contributed by atoms with Crippen LogP contribution < -0.4 is 21.3 Å². The molecule has 11 nitrogen and oxygen atoms in total. The van der Waals surface area contributed by atoms with Crippen LogP contribution in [0.4, 0.5) is 11.5 Å². The number of hydrogen-bond acceptors (Lipinski definition) is 7. The quantitative estimate of drug-likeness (QED) is 0.525. The molecule has 180 valence electrons. The third-order valence-corrected chi connectivity index (χ3v) is 7.73. The van der Waals surface area contributed by atoms with Gasteiger partial charge in [0.05, 0.1) is 29.2 Å². The van der Waals surface area contributed by atoms with Crippen molar-refractivity contribution in [2.24, 2.45) is 11.7 Å². The van der Waals surface area contributed by atoms with E-state index in [2.05, 4.69) is 15.6 Å². The lowest BCUT2D eigenvalue weighted by Gasteiger charge is -2.32. The number of piperidine rings is 1. The third-order valence-electron chi connectivity index (χ3n) is 5.89. The number of benzene rings is 1. The van der Waals surface area contributed by atoms with Gasteiger partial charge in [0.1, 0.15) is 5.82 Å². The van der Waals surface area contributed by atoms with E-state index in [1.165, 1.54) is 30.5 Å². The number of rotatable bonds is 6. The number of anilines is 2. The summed E-state index contributed by atoms with van der Waals surface area (Å²) in [5, 5.41) is 5.30. The molecule has 0 saturated carbocycles. The molecule has 1 aromatic carbocycles. The van der Waals surface area contributed by atoms with Gasteiger partial charge in [0.15, 0.2) is 0 Å². The largest absolute Gasteiger partial charge is 0.369 e. The van der Waals surface area contributed by atoms with Crippen LogP contribution in [0.3, 0.4) is 0 Å². The molecule has 4 rings (SSSR count). The fourth-order valence-corrected chi connectivity index (χ4v) is 5.48. The first-order valence-electron chi connectivity index (χ1n) is 10.9. The van der Waals surface area contributed by atoms with E-state index in [1.807, 2.05) is 4.90 Å². The molecule has 2 aliphatic rings. The molecular weight excluding hydrogens is 460 g/mol. The maximum Gasteiger partial charge on any atom is 0.255 e. The summed E-state index contributed by atoms with van der Waals surface area (Å²) in [6.45, 7) is 1.42. The van der Waals surface area contributed by atoms with Crippen LogP contribution in [0.15, 0.2) is 47.5 Å². The van der Waals surface area contributed by atoms with Crippen molar-refractivity contribution in [2.75, 3.05) is 42.9 Å². The van der Waals surface area contributed by atoms with Gasteiger partial charge in [-0.15, -0.1) is 0 Å². The van der Waals surface area contributed by atoms with Crippen LogP contribution in [-0.4, -0.2) is 68.2 Å². The van der Waals surface area contributed by atoms with E-state index in [0.717, 1.165) is 23.7 Å². The Labute approximate surface area is 197 Å². The van der Waals surface area contributed by atoms with E-state index in [-0.39, 0.29) is 47.8 Å². The van der Waals surface area contributed by atoms with Gasteiger partial charge in [-0.3, -0.25) is 14.4 Å². The molecule has 2 aromatic rings. The van der Waals surface area contributed by atoms with E-state index >= 15 is 0 Å². The van der Waals surface area contributed by atoms with Gasteiger partial charge in [0.2, 0.25) is 21.8 Å². The number of carbonyl (C=O) groups excluding carboxylic acids is 3. The highest BCUT2D eigenvalue weighted by Gasteiger charge is 2.29. The third kappa shape index (κ3) is 5.18. The zero-order valence-electron chi connectivity index (χ0n) is 18.4. The maximum absolute atomic E-state index is 12.9. The highest BCUT2D eigenvalue weighted by molar-refractivity contribution is 7.89. The van der Waals surface area contributed by atoms with Crippen molar-refractivity contribution >= 4 is 39.3 Å². The number of hydrogen-bond donors (Lipinski definition) is 3. The van der Waals surface area contributed by atoms with Gasteiger partial charge in [0.25, 0.3) is 5.91 Å². The number of carbonyl (C=O) groups is 3. The Bertz CT molecular complexity index is 1200. The van der Waals surface area contributed by atoms with E-state index in [9.17, 15) is 22.8 Å². The van der Waals surface area contributed by atoms with Crippen LogP contribution in [-0.2, 0) is 19.6 Å². The summed E-state index contributed by atoms with van der Waals surface area (Å²) < 4.78 is 26.9. The number of pyridine rings is 1. The molecule has 34 heavy (non-hydrogen) atoms. The molecule has 12 heteroatoms. The molecule has 1 atom stereocenters. The molecule has 4 N–H and O–H groups in total. The summed E-state index contributed by atoms with van der Waals surface area (Å²) in [4.78, 5) is 42.2. The second-order valence-electron chi connectivity index (χ2n) is 8.26. The number of amides is 3. The number of primary amides is 1. The molecule has 0 aliphatic carbocycles. The highest BCUT2D eigenvalue weighted by Crippen LogP contribution is 2.23. The van der Waals surface area contributed by atoms with Crippen LogP contribution in [0.25, 0.3) is 0 Å². The first-order chi connectivity index (χ1) is 16.2. The number of aromatic nitrogens is 1. The molecule has 1 unspecified atom stereocenters. The Kier molecular flexibility index (Phi) is 6.80. The minimum absolute atomic E-state index is 0.0579. The number of nitrogens with one attached hydrogen (secondary N) is 2. The summed E-state index contributed by atoms with van der Waals surface area (Å²) in [6.07, 6.45) is 3.11. The Morgan fingerprint density at radius 1 is 1.18 bits per heavy atom. The van der Waals surface area contributed by atoms with Crippen LogP contribution in [0, 0.1) is 5.92 Å². The standard InChI is InChI=1S/C22H26N6O5S/c23-21(30)16-4-2-9-27(13-16)19-7-6-17(12-25-19)26-22(31)15-3-1-5-18(11-15)34(32,33)28-10-8-24-20(29)14-28/h1,3,5-7,11-12,16H,2,4,8-10,13-14H2,(H2,23,30)(H,24,29)(H,26,31). The molecular formula is C22H26N6O5S. The number of nitrogens with two attached hydrogens (primary N) is 1. The minimum Gasteiger partial charge on any atom is -0.369 e. The van der Waals surface area contributed by atoms with Crippen molar-refractivity contribution in [1.29, 1.82) is 0 Å². The summed E-state index contributed by atoms with van der Waals surface area (Å²) in [5.41, 5.74) is 6.04. The lowest BCUT2D eigenvalue weighted by atomic mass is 9.97. The van der Waals surface area contributed by atoms with Crippen LogP contribution in [0.5, 0.6) is 0 Å². The zero-order valence-corrected chi connectivity index (χ0v) is 19.3. The zero-order chi connectivity index (χ0) is 24.3. The second kappa shape index (κ2) is 9.77. The van der Waals surface area contributed by atoms with Gasteiger partial charge in [-0.2, -0.15) is 4.31 Å². The van der Waals surface area contributed by atoms with Crippen LogP contribution in [0.2, 0.25) is 0 Å². The summed E-state index contributed by atoms with van der Waals surface area (Å²) in [7, 11) is -3.91. The molecule has 0 radical (unpaired) electrons. The lowest BCUT2D eigenvalue weighted by molar-refractivity contribution is -0.123. The Hall–Kier alpha value is -3.51. The van der Waals surface area contributed by atoms with E-state index in [1.54, 1.807) is 12.1 Å². The Balaban J connectivity index is 1.44. The summed E-state index contributed by atoms with van der Waals surface area (Å²) in [6, 6.07) is 9.13. The second-order valence-corrected chi connectivity index (χ2v) is 10.2. The first kappa shape index (κ1) is 23.6. The Morgan fingerprint density at radius 2 is 2.00 bits per heavy atom. The molecule has 2 fully saturated rings. The molecule has 0 bridgehead atoms. The molecule has 2 aliphatic heterocycles. The van der Waals surface area contributed by atoms with Crippen molar-refractivity contribution < 1.29 is 22.8 Å². The van der Waals surface area contributed by atoms with Gasteiger partial charge in [-0.1, -0.05) is 6.07 Å². The SMILES string of the molecule is NC(=O)C1CCCN(c2ccc(NC(=O)c3cccc(S(=O)(=O)N4CCNC(=O)C4)c3)cn2)C1. The fourth-order valence-electron chi connectivity index (χ4n) is 4.03. The topological polar surface area (TPSA) is 155 Å². The smallest absolute Gasteiger partial charge is 0.255 e. The van der Waals surface area contributed by atoms with Gasteiger partial charge >= 0.3 is 0 Å². The van der Waals surface area contributed by atoms with Crippen LogP contribution >= 0.6 is 0 Å². The van der Waals surface area contributed by atoms with Crippen molar-refractivity contribution in [2.45, 2.75) is 17.7 Å². The predicted octanol–water partition coefficient (Wildman–Crippen LogP) is 0.156. The van der Waals surface area contributed by atoms with Crippen molar-refractivity contribution in [1.82, 2.24) is 14.6 Å². The van der Waals surface area contributed by atoms with Gasteiger partial charge in [-0.05, 0) is 43.2 Å². The van der Waals surface area contributed by atoms with Gasteiger partial charge in [0, 0.05) is 31.7 Å². The molecule has 3 amide bonds. The number of sulfonamides is 1. The van der Waals surface area contributed by atoms with E-state index < -0.39 is 15.9 Å². The minimum atomic E-state index is -3.91. The highest BCUT2D eigenvalue weighted by atomic mass is 32.2. The first-order valence-corrected chi connectivity index (χ1v) is 12.4. The Morgan fingerprint density at radius 3 is 2.71 bits per heavy atom. The fraction of sp³-hybridized carbons (Fsp3) is 0.364. The summed E-state index contributed by atoms with van der Waals surface area (Å²) >= 11 is 0. The average molecular weight is 487 g/mol. The van der Waals surface area contributed by atoms with E-state index in [0.29, 0.717) is 18.1 Å². The monoisotopic (exact) mass is 486 g/mol. The molecule has 2 saturated heterocycles. The van der Waals surface area contributed by atoms with Crippen LogP contribution in [0.1, 0.15) is 23.2 Å². The van der Waals surface area contributed by atoms with Gasteiger partial charge < -0.3 is 21.3 Å². The molecule has 0 spiro atoms. The van der Waals surface area contributed by atoms with Crippen molar-refractivity contribution in [3.8, 4) is 0 Å². The maximum atomic E-state index is 12.9. The van der Waals surface area contributed by atoms with Gasteiger partial charge in [-0.25, -0.2) is 13.4 Å². The number of piperazine rings is 1. The number of nitrogens with zero attached hydrogens (tertiary/aromatic N) is 3. The lowest BCUT2D eigenvalue weighted by Crippen LogP contribution is -2.49. The average Bonchev–Trinajstić information content (AvgIpc) is 2.84. The summed E-state index contributed by atoms with van der Waals surface area (Å²) in [5.74, 6) is -0.703. The van der Waals surface area contributed by atoms with Crippen molar-refractivity contribution in [3.05, 3.63) is 48.2 Å². The van der Waals surface area contributed by atoms with Crippen molar-refractivity contribution in [3.63, 3.8) is 0 Å². The predicted molar refractivity (Wildman–Crippen MR) is 125 cm³/mol.